The Bertz CT molecular complexity index is 251. The van der Waals surface area contributed by atoms with Gasteiger partial charge in [-0.1, -0.05) is 38.8 Å². The minimum atomic E-state index is 0.836. The molecule has 0 bridgehead atoms. The summed E-state index contributed by atoms with van der Waals surface area (Å²) in [6.07, 6.45) is 5.65. The van der Waals surface area contributed by atoms with E-state index in [0.717, 1.165) is 31.6 Å². The van der Waals surface area contributed by atoms with Gasteiger partial charge in [0.15, 0.2) is 0 Å². The molecule has 0 aliphatic rings. The largest absolute Gasteiger partial charge is 0.494 e. The fraction of sp³-hybridized carbons (Fsp3) is 0.500. The highest BCUT2D eigenvalue weighted by Gasteiger charge is 1.94. The molecule has 1 nitrogen and oxygen atoms in total. The molecule has 0 aliphatic carbocycles. The molecule has 0 amide bonds. The van der Waals surface area contributed by atoms with Crippen molar-refractivity contribution >= 4 is 0 Å². The van der Waals surface area contributed by atoms with E-state index >= 15 is 0 Å². The lowest BCUT2D eigenvalue weighted by atomic mass is 10.1. The third kappa shape index (κ3) is 4.87. The third-order valence-corrected chi connectivity index (χ3v) is 2.41. The van der Waals surface area contributed by atoms with Gasteiger partial charge in [-0.05, 0) is 37.0 Å². The van der Waals surface area contributed by atoms with Crippen LogP contribution >= 0.6 is 0 Å². The third-order valence-electron chi connectivity index (χ3n) is 2.41. The van der Waals surface area contributed by atoms with E-state index in [1.165, 1.54) is 18.4 Å². The first-order valence-corrected chi connectivity index (χ1v) is 5.87. The number of aryl methyl sites for hydroxylation is 1. The minimum absolute atomic E-state index is 0.836. The topological polar surface area (TPSA) is 9.23 Å². The predicted molar refractivity (Wildman–Crippen MR) is 65.1 cm³/mol. The van der Waals surface area contributed by atoms with Crippen molar-refractivity contribution in [3.05, 3.63) is 36.8 Å². The molecule has 1 radical (unpaired) electrons. The molecule has 1 heteroatoms. The van der Waals surface area contributed by atoms with Crippen LogP contribution in [0.15, 0.2) is 24.3 Å². The number of hydrogen-bond donors (Lipinski definition) is 0. The molecule has 0 saturated heterocycles. The van der Waals surface area contributed by atoms with Crippen LogP contribution < -0.4 is 4.74 Å². The second kappa shape index (κ2) is 7.33. The Morgan fingerprint density at radius 1 is 1.13 bits per heavy atom. The number of unbranched alkanes of at least 4 members (excludes halogenated alkanes) is 2. The zero-order valence-electron chi connectivity index (χ0n) is 9.67. The lowest BCUT2D eigenvalue weighted by Gasteiger charge is -2.06. The monoisotopic (exact) mass is 205 g/mol. The molecule has 0 aliphatic heterocycles. The van der Waals surface area contributed by atoms with E-state index in [1.54, 1.807) is 0 Å². The summed E-state index contributed by atoms with van der Waals surface area (Å²) in [6, 6.07) is 8.36. The Hall–Kier alpha value is -0.980. The van der Waals surface area contributed by atoms with Gasteiger partial charge in [-0.25, -0.2) is 0 Å². The van der Waals surface area contributed by atoms with Gasteiger partial charge in [0.1, 0.15) is 5.75 Å². The van der Waals surface area contributed by atoms with Gasteiger partial charge in [-0.3, -0.25) is 0 Å². The van der Waals surface area contributed by atoms with Crippen LogP contribution in [-0.2, 0) is 6.42 Å². The summed E-state index contributed by atoms with van der Waals surface area (Å²) in [5.41, 5.74) is 1.34. The van der Waals surface area contributed by atoms with Crippen LogP contribution in [0.3, 0.4) is 0 Å². The second-order valence-electron chi connectivity index (χ2n) is 3.80. The molecule has 0 atom stereocenters. The fourth-order valence-electron chi connectivity index (χ4n) is 1.50. The van der Waals surface area contributed by atoms with Crippen molar-refractivity contribution in [2.45, 2.75) is 39.0 Å². The maximum Gasteiger partial charge on any atom is 0.119 e. The van der Waals surface area contributed by atoms with E-state index in [2.05, 4.69) is 38.1 Å². The average molecular weight is 205 g/mol. The van der Waals surface area contributed by atoms with Crippen molar-refractivity contribution < 1.29 is 4.74 Å². The summed E-state index contributed by atoms with van der Waals surface area (Å²) in [5, 5.41) is 0. The molecular formula is C14H21O. The summed E-state index contributed by atoms with van der Waals surface area (Å²) in [5.74, 6) is 0.985. The van der Waals surface area contributed by atoms with Crippen molar-refractivity contribution in [2.75, 3.05) is 6.61 Å². The van der Waals surface area contributed by atoms with Gasteiger partial charge in [0, 0.05) is 0 Å². The maximum absolute atomic E-state index is 5.63. The Kier molecular flexibility index (Phi) is 5.91. The van der Waals surface area contributed by atoms with Gasteiger partial charge in [-0.2, -0.15) is 0 Å². The summed E-state index contributed by atoms with van der Waals surface area (Å²) < 4.78 is 5.63. The van der Waals surface area contributed by atoms with E-state index < -0.39 is 0 Å². The van der Waals surface area contributed by atoms with Crippen LogP contribution in [0.1, 0.15) is 38.2 Å². The lowest BCUT2D eigenvalue weighted by molar-refractivity contribution is 0.306. The van der Waals surface area contributed by atoms with Crippen LogP contribution in [0.25, 0.3) is 0 Å². The fourth-order valence-corrected chi connectivity index (χ4v) is 1.50. The van der Waals surface area contributed by atoms with Crippen molar-refractivity contribution in [1.82, 2.24) is 0 Å². The van der Waals surface area contributed by atoms with Crippen LogP contribution in [0.2, 0.25) is 0 Å². The molecule has 0 spiro atoms. The first-order chi connectivity index (χ1) is 7.36. The molecule has 83 valence electrons. The van der Waals surface area contributed by atoms with Crippen molar-refractivity contribution in [1.29, 1.82) is 0 Å². The molecule has 15 heavy (non-hydrogen) atoms. The van der Waals surface area contributed by atoms with Gasteiger partial charge in [0.05, 0.1) is 6.61 Å². The molecule has 0 unspecified atom stereocenters. The van der Waals surface area contributed by atoms with Crippen LogP contribution in [0.5, 0.6) is 5.75 Å². The highest BCUT2D eigenvalue weighted by molar-refractivity contribution is 5.27. The van der Waals surface area contributed by atoms with Gasteiger partial charge in [0.25, 0.3) is 0 Å². The molecule has 1 aromatic carbocycles. The molecule has 0 saturated carbocycles. The summed E-state index contributed by atoms with van der Waals surface area (Å²) in [7, 11) is 0. The van der Waals surface area contributed by atoms with Gasteiger partial charge in [-0.15, -0.1) is 0 Å². The first kappa shape index (κ1) is 12.1. The molecule has 0 fully saturated rings. The Morgan fingerprint density at radius 2 is 1.87 bits per heavy atom. The normalized spacial score (nSPS) is 10.3. The van der Waals surface area contributed by atoms with Gasteiger partial charge < -0.3 is 4.74 Å². The van der Waals surface area contributed by atoms with Crippen LogP contribution in [0.4, 0.5) is 0 Å². The summed E-state index contributed by atoms with van der Waals surface area (Å²) in [4.78, 5) is 0. The Morgan fingerprint density at radius 3 is 2.47 bits per heavy atom. The molecule has 0 heterocycles. The van der Waals surface area contributed by atoms with E-state index in [-0.39, 0.29) is 0 Å². The first-order valence-electron chi connectivity index (χ1n) is 5.87. The van der Waals surface area contributed by atoms with E-state index in [4.69, 9.17) is 4.74 Å². The standard InChI is InChI=1S/C14H21O/c1-3-5-6-12-15-14-10-8-13(7-4-2)9-11-14/h8-11H,2-7,12H2,1H3. The number of hydrogen-bond acceptors (Lipinski definition) is 1. The minimum Gasteiger partial charge on any atom is -0.494 e. The Labute approximate surface area is 93.5 Å². The van der Waals surface area contributed by atoms with Crippen molar-refractivity contribution in [2.24, 2.45) is 0 Å². The van der Waals surface area contributed by atoms with Crippen LogP contribution in [-0.4, -0.2) is 6.61 Å². The van der Waals surface area contributed by atoms with Crippen molar-refractivity contribution in [3.8, 4) is 5.75 Å². The zero-order valence-corrected chi connectivity index (χ0v) is 9.67. The molecule has 1 aromatic rings. The second-order valence-corrected chi connectivity index (χ2v) is 3.80. The number of rotatable bonds is 7. The maximum atomic E-state index is 5.63. The molecular weight excluding hydrogens is 184 g/mol. The summed E-state index contributed by atoms with van der Waals surface area (Å²) >= 11 is 0. The predicted octanol–water partition coefficient (Wildman–Crippen LogP) is 4.02. The van der Waals surface area contributed by atoms with Crippen LogP contribution in [0, 0.1) is 6.92 Å². The molecule has 1 rings (SSSR count). The summed E-state index contributed by atoms with van der Waals surface area (Å²) in [6.45, 7) is 6.88. The van der Waals surface area contributed by atoms with Gasteiger partial charge >= 0.3 is 0 Å². The van der Waals surface area contributed by atoms with E-state index in [1.807, 2.05) is 0 Å². The SMILES string of the molecule is [CH2]CCc1ccc(OCCCCC)cc1. The van der Waals surface area contributed by atoms with E-state index in [9.17, 15) is 0 Å². The zero-order chi connectivity index (χ0) is 10.9. The smallest absolute Gasteiger partial charge is 0.119 e. The quantitative estimate of drug-likeness (QED) is 0.611. The molecule has 0 N–H and O–H groups in total. The number of benzene rings is 1. The highest BCUT2D eigenvalue weighted by atomic mass is 16.5. The highest BCUT2D eigenvalue weighted by Crippen LogP contribution is 2.13. The number of ether oxygens (including phenoxy) is 1. The Balaban J connectivity index is 2.29. The average Bonchev–Trinajstić information content (AvgIpc) is 2.27. The van der Waals surface area contributed by atoms with E-state index in [0.29, 0.717) is 0 Å². The van der Waals surface area contributed by atoms with Gasteiger partial charge in [0.2, 0.25) is 0 Å². The molecule has 0 aromatic heterocycles. The lowest BCUT2D eigenvalue weighted by Crippen LogP contribution is -1.96. The van der Waals surface area contributed by atoms with Crippen molar-refractivity contribution in [3.63, 3.8) is 0 Å².